The summed E-state index contributed by atoms with van der Waals surface area (Å²) in [6, 6.07) is 2.05. The number of thiophene rings is 1. The number of rotatable bonds is 6. The first-order valence-electron chi connectivity index (χ1n) is 4.92. The summed E-state index contributed by atoms with van der Waals surface area (Å²) < 4.78 is 1.09. The molecule has 0 radical (unpaired) electrons. The molecule has 0 bridgehead atoms. The van der Waals surface area contributed by atoms with E-state index in [-0.39, 0.29) is 18.3 Å². The fourth-order valence-corrected chi connectivity index (χ4v) is 2.60. The molecule has 1 rings (SSSR count). The third-order valence-electron chi connectivity index (χ3n) is 1.92. The van der Waals surface area contributed by atoms with E-state index in [0.717, 1.165) is 17.3 Å². The van der Waals surface area contributed by atoms with E-state index in [1.165, 1.54) is 4.88 Å². The van der Waals surface area contributed by atoms with Crippen molar-refractivity contribution in [1.29, 1.82) is 0 Å². The molecule has 0 unspecified atom stereocenters. The van der Waals surface area contributed by atoms with E-state index in [9.17, 15) is 4.79 Å². The number of hydrogen-bond acceptors (Lipinski definition) is 3. The molecule has 0 spiro atoms. The molecule has 0 saturated heterocycles. The van der Waals surface area contributed by atoms with Crippen molar-refractivity contribution in [1.82, 2.24) is 5.32 Å². The van der Waals surface area contributed by atoms with Gasteiger partial charge in [-0.15, -0.1) is 23.7 Å². The first-order valence-corrected chi connectivity index (χ1v) is 6.59. The Balaban J connectivity index is 0.00000225. The summed E-state index contributed by atoms with van der Waals surface area (Å²) in [5, 5.41) is 4.86. The van der Waals surface area contributed by atoms with Crippen LogP contribution in [0.2, 0.25) is 0 Å². The predicted octanol–water partition coefficient (Wildman–Crippen LogP) is 2.33. The molecule has 16 heavy (non-hydrogen) atoms. The molecule has 0 aromatic carbocycles. The molecule has 92 valence electrons. The lowest BCUT2D eigenvalue weighted by atomic mass is 10.2. The number of carbonyl (C=O) groups is 1. The maximum absolute atomic E-state index is 11.3. The molecule has 0 aliphatic carbocycles. The van der Waals surface area contributed by atoms with E-state index in [4.69, 9.17) is 5.73 Å². The maximum atomic E-state index is 11.3. The van der Waals surface area contributed by atoms with E-state index in [2.05, 4.69) is 27.3 Å². The minimum atomic E-state index is 0. The normalized spacial score (nSPS) is 9.62. The second-order valence-corrected chi connectivity index (χ2v) is 5.13. The van der Waals surface area contributed by atoms with Crippen LogP contribution in [0.4, 0.5) is 0 Å². The Hall–Kier alpha value is -0.100. The van der Waals surface area contributed by atoms with E-state index in [1.807, 2.05) is 5.38 Å². The van der Waals surface area contributed by atoms with Crippen LogP contribution in [0.1, 0.15) is 17.7 Å². The average Bonchev–Trinajstić information content (AvgIpc) is 2.62. The van der Waals surface area contributed by atoms with Crippen molar-refractivity contribution in [3.63, 3.8) is 0 Å². The Bertz CT molecular complexity index is 320. The second-order valence-electron chi connectivity index (χ2n) is 3.22. The highest BCUT2D eigenvalue weighted by molar-refractivity contribution is 9.10. The lowest BCUT2D eigenvalue weighted by molar-refractivity contribution is -0.121. The van der Waals surface area contributed by atoms with Gasteiger partial charge in [0.1, 0.15) is 0 Å². The smallest absolute Gasteiger partial charge is 0.220 e. The maximum Gasteiger partial charge on any atom is 0.220 e. The van der Waals surface area contributed by atoms with Crippen LogP contribution < -0.4 is 11.1 Å². The lowest BCUT2D eigenvalue weighted by Gasteiger charge is -2.02. The lowest BCUT2D eigenvalue weighted by Crippen LogP contribution is -2.25. The molecular formula is C10H16BrClN2OS. The molecule has 0 atom stereocenters. The van der Waals surface area contributed by atoms with Crippen molar-refractivity contribution in [3.05, 3.63) is 20.8 Å². The van der Waals surface area contributed by atoms with Crippen LogP contribution in [0.25, 0.3) is 0 Å². The SMILES string of the molecule is Cl.NCCCNC(=O)CCc1cc(Br)cs1. The van der Waals surface area contributed by atoms with E-state index in [0.29, 0.717) is 19.5 Å². The summed E-state index contributed by atoms with van der Waals surface area (Å²) in [6.45, 7) is 1.31. The van der Waals surface area contributed by atoms with E-state index < -0.39 is 0 Å². The number of halogens is 2. The molecule has 6 heteroatoms. The zero-order valence-corrected chi connectivity index (χ0v) is 12.1. The minimum Gasteiger partial charge on any atom is -0.356 e. The Labute approximate surface area is 114 Å². The Kier molecular flexibility index (Phi) is 8.93. The molecule has 1 amide bonds. The van der Waals surface area contributed by atoms with Crippen LogP contribution in [0.3, 0.4) is 0 Å². The zero-order valence-electron chi connectivity index (χ0n) is 8.87. The number of aryl methyl sites for hydroxylation is 1. The number of carbonyl (C=O) groups excluding carboxylic acids is 1. The zero-order chi connectivity index (χ0) is 11.1. The summed E-state index contributed by atoms with van der Waals surface area (Å²) in [6.07, 6.45) is 2.21. The summed E-state index contributed by atoms with van der Waals surface area (Å²) in [5.41, 5.74) is 5.33. The summed E-state index contributed by atoms with van der Waals surface area (Å²) >= 11 is 5.06. The van der Waals surface area contributed by atoms with E-state index >= 15 is 0 Å². The van der Waals surface area contributed by atoms with Crippen molar-refractivity contribution in [2.24, 2.45) is 5.73 Å². The van der Waals surface area contributed by atoms with Gasteiger partial charge in [0.2, 0.25) is 5.91 Å². The van der Waals surface area contributed by atoms with Gasteiger partial charge in [-0.1, -0.05) is 0 Å². The van der Waals surface area contributed by atoms with Gasteiger partial charge in [-0.05, 0) is 41.4 Å². The topological polar surface area (TPSA) is 55.1 Å². The number of hydrogen-bond donors (Lipinski definition) is 2. The van der Waals surface area contributed by atoms with Gasteiger partial charge in [0.15, 0.2) is 0 Å². The molecule has 0 aliphatic rings. The van der Waals surface area contributed by atoms with Crippen LogP contribution in [0, 0.1) is 0 Å². The van der Waals surface area contributed by atoms with Gasteiger partial charge < -0.3 is 11.1 Å². The van der Waals surface area contributed by atoms with Gasteiger partial charge in [-0.3, -0.25) is 4.79 Å². The van der Waals surface area contributed by atoms with Crippen LogP contribution in [-0.2, 0) is 11.2 Å². The third-order valence-corrected chi connectivity index (χ3v) is 3.68. The number of amides is 1. The fraction of sp³-hybridized carbons (Fsp3) is 0.500. The third kappa shape index (κ3) is 6.48. The average molecular weight is 328 g/mol. The highest BCUT2D eigenvalue weighted by atomic mass is 79.9. The van der Waals surface area contributed by atoms with Gasteiger partial charge in [0.25, 0.3) is 0 Å². The molecule has 1 aromatic heterocycles. The molecule has 0 saturated carbocycles. The van der Waals surface area contributed by atoms with Crippen LogP contribution in [0.5, 0.6) is 0 Å². The summed E-state index contributed by atoms with van der Waals surface area (Å²) in [5.74, 6) is 0.105. The van der Waals surface area contributed by atoms with Gasteiger partial charge >= 0.3 is 0 Å². The van der Waals surface area contributed by atoms with Gasteiger partial charge in [0, 0.05) is 27.7 Å². The molecule has 3 nitrogen and oxygen atoms in total. The molecule has 0 aliphatic heterocycles. The quantitative estimate of drug-likeness (QED) is 0.788. The predicted molar refractivity (Wildman–Crippen MR) is 74.3 cm³/mol. The van der Waals surface area contributed by atoms with Crippen molar-refractivity contribution < 1.29 is 4.79 Å². The highest BCUT2D eigenvalue weighted by Crippen LogP contribution is 2.20. The first kappa shape index (κ1) is 15.9. The van der Waals surface area contributed by atoms with Gasteiger partial charge in [-0.2, -0.15) is 0 Å². The Morgan fingerprint density at radius 1 is 1.56 bits per heavy atom. The van der Waals surface area contributed by atoms with Crippen molar-refractivity contribution >= 4 is 45.6 Å². The Morgan fingerprint density at radius 2 is 2.31 bits per heavy atom. The molecule has 1 heterocycles. The van der Waals surface area contributed by atoms with Crippen LogP contribution in [0.15, 0.2) is 15.9 Å². The van der Waals surface area contributed by atoms with Crippen molar-refractivity contribution in [2.75, 3.05) is 13.1 Å². The van der Waals surface area contributed by atoms with Crippen molar-refractivity contribution in [3.8, 4) is 0 Å². The van der Waals surface area contributed by atoms with E-state index in [1.54, 1.807) is 11.3 Å². The summed E-state index contributed by atoms with van der Waals surface area (Å²) in [7, 11) is 0. The molecule has 0 fully saturated rings. The molecular weight excluding hydrogens is 312 g/mol. The fourth-order valence-electron chi connectivity index (χ4n) is 1.14. The molecule has 3 N–H and O–H groups in total. The van der Waals surface area contributed by atoms with Crippen LogP contribution >= 0.6 is 39.7 Å². The highest BCUT2D eigenvalue weighted by Gasteiger charge is 2.03. The molecule has 1 aromatic rings. The minimum absolute atomic E-state index is 0. The standard InChI is InChI=1S/C10H15BrN2OS.ClH/c11-8-6-9(15-7-8)2-3-10(14)13-5-1-4-12;/h6-7H,1-5,12H2,(H,13,14);1H. The van der Waals surface area contributed by atoms with Crippen LogP contribution in [-0.4, -0.2) is 19.0 Å². The van der Waals surface area contributed by atoms with Gasteiger partial charge in [0.05, 0.1) is 0 Å². The summed E-state index contributed by atoms with van der Waals surface area (Å²) in [4.78, 5) is 12.6. The first-order chi connectivity index (χ1) is 7.22. The van der Waals surface area contributed by atoms with Gasteiger partial charge in [-0.25, -0.2) is 0 Å². The number of nitrogens with one attached hydrogen (secondary N) is 1. The largest absolute Gasteiger partial charge is 0.356 e. The second kappa shape index (κ2) is 8.98. The monoisotopic (exact) mass is 326 g/mol. The number of nitrogens with two attached hydrogens (primary N) is 1. The van der Waals surface area contributed by atoms with Crippen molar-refractivity contribution in [2.45, 2.75) is 19.3 Å². The Morgan fingerprint density at radius 3 is 2.88 bits per heavy atom.